The number of hydrogen-bond donors (Lipinski definition) is 1. The number of benzene rings is 2. The van der Waals surface area contributed by atoms with Crippen molar-refractivity contribution < 1.29 is 9.47 Å². The molecule has 0 amide bonds. The maximum absolute atomic E-state index is 9.56. The van der Waals surface area contributed by atoms with Crippen molar-refractivity contribution in [2.45, 2.75) is 5.92 Å². The molecule has 122 valence electrons. The molecule has 1 heterocycles. The molecule has 5 nitrogen and oxygen atoms in total. The van der Waals surface area contributed by atoms with Gasteiger partial charge in [-0.2, -0.15) is 5.26 Å². The third kappa shape index (κ3) is 2.63. The Morgan fingerprint density at radius 3 is 2.46 bits per heavy atom. The van der Waals surface area contributed by atoms with Gasteiger partial charge in [-0.05, 0) is 23.8 Å². The van der Waals surface area contributed by atoms with E-state index in [0.717, 1.165) is 22.6 Å². The molecule has 0 saturated carbocycles. The number of rotatable bonds is 3. The van der Waals surface area contributed by atoms with Crippen LogP contribution in [0.15, 0.2) is 53.9 Å². The first-order chi connectivity index (χ1) is 11.5. The van der Waals surface area contributed by atoms with Crippen molar-refractivity contribution in [3.8, 4) is 17.6 Å². The zero-order chi connectivity index (χ0) is 17.3. The van der Waals surface area contributed by atoms with Crippen LogP contribution in [0.3, 0.4) is 0 Å². The van der Waals surface area contributed by atoms with E-state index in [0.29, 0.717) is 11.3 Å². The fraction of sp³-hybridized carbons (Fsp3) is 0.211. The van der Waals surface area contributed by atoms with Crippen molar-refractivity contribution in [1.82, 2.24) is 0 Å². The van der Waals surface area contributed by atoms with E-state index >= 15 is 0 Å². The minimum absolute atomic E-state index is 0.154. The predicted molar refractivity (Wildman–Crippen MR) is 93.1 cm³/mol. The summed E-state index contributed by atoms with van der Waals surface area (Å²) >= 11 is 0. The van der Waals surface area contributed by atoms with Gasteiger partial charge in [0.05, 0.1) is 13.0 Å². The second-order valence-corrected chi connectivity index (χ2v) is 5.81. The molecule has 0 bridgehead atoms. The van der Waals surface area contributed by atoms with Crippen LogP contribution in [0.4, 0.5) is 5.69 Å². The molecule has 0 aromatic heterocycles. The first kappa shape index (κ1) is 15.8. The van der Waals surface area contributed by atoms with Crippen molar-refractivity contribution in [2.24, 2.45) is 5.73 Å². The van der Waals surface area contributed by atoms with Gasteiger partial charge in [0.15, 0.2) is 0 Å². The number of fused-ring (bicyclic) bond motifs is 1. The number of methoxy groups -OCH3 is 1. The molecule has 1 aliphatic rings. The van der Waals surface area contributed by atoms with Crippen LogP contribution in [-0.2, 0) is 0 Å². The van der Waals surface area contributed by atoms with Crippen molar-refractivity contribution in [3.05, 3.63) is 65.0 Å². The first-order valence-electron chi connectivity index (χ1n) is 7.58. The zero-order valence-corrected chi connectivity index (χ0v) is 13.9. The summed E-state index contributed by atoms with van der Waals surface area (Å²) in [5.74, 6) is 1.35. The average molecular weight is 321 g/mol. The highest BCUT2D eigenvalue weighted by atomic mass is 16.5. The summed E-state index contributed by atoms with van der Waals surface area (Å²) in [4.78, 5) is 1.99. The molecular formula is C19H19N3O2. The lowest BCUT2D eigenvalue weighted by Crippen LogP contribution is -2.21. The molecule has 3 rings (SSSR count). The lowest BCUT2D eigenvalue weighted by atomic mass is 9.83. The Kier molecular flexibility index (Phi) is 4.05. The van der Waals surface area contributed by atoms with Gasteiger partial charge in [0.2, 0.25) is 5.88 Å². The number of nitrogens with two attached hydrogens (primary N) is 1. The van der Waals surface area contributed by atoms with E-state index in [-0.39, 0.29) is 11.8 Å². The summed E-state index contributed by atoms with van der Waals surface area (Å²) < 4.78 is 10.9. The Bertz CT molecular complexity index is 833. The molecule has 2 aromatic carbocycles. The molecule has 5 heteroatoms. The minimum Gasteiger partial charge on any atom is -0.497 e. The molecule has 2 aromatic rings. The van der Waals surface area contributed by atoms with Gasteiger partial charge in [0.25, 0.3) is 0 Å². The summed E-state index contributed by atoms with van der Waals surface area (Å²) in [7, 11) is 5.55. The topological polar surface area (TPSA) is 71.5 Å². The molecule has 0 radical (unpaired) electrons. The monoisotopic (exact) mass is 321 g/mol. The largest absolute Gasteiger partial charge is 0.497 e. The van der Waals surface area contributed by atoms with Gasteiger partial charge in [-0.15, -0.1) is 0 Å². The highest BCUT2D eigenvalue weighted by Gasteiger charge is 2.30. The molecule has 1 aliphatic heterocycles. The fourth-order valence-corrected chi connectivity index (χ4v) is 2.86. The van der Waals surface area contributed by atoms with Crippen LogP contribution < -0.4 is 20.1 Å². The smallest absolute Gasteiger partial charge is 0.205 e. The van der Waals surface area contributed by atoms with Crippen LogP contribution in [-0.4, -0.2) is 21.2 Å². The Morgan fingerprint density at radius 2 is 1.88 bits per heavy atom. The summed E-state index contributed by atoms with van der Waals surface area (Å²) in [6, 6.07) is 15.8. The van der Waals surface area contributed by atoms with E-state index in [2.05, 4.69) is 6.07 Å². The third-order valence-corrected chi connectivity index (χ3v) is 4.17. The molecular weight excluding hydrogens is 302 g/mol. The third-order valence-electron chi connectivity index (χ3n) is 4.17. The van der Waals surface area contributed by atoms with E-state index in [1.54, 1.807) is 7.11 Å². The second kappa shape index (κ2) is 6.17. The highest BCUT2D eigenvalue weighted by Crippen LogP contribution is 2.43. The summed E-state index contributed by atoms with van der Waals surface area (Å²) in [5, 5.41) is 9.56. The molecule has 1 atom stereocenters. The lowest BCUT2D eigenvalue weighted by Gasteiger charge is -2.27. The Morgan fingerprint density at radius 1 is 1.17 bits per heavy atom. The van der Waals surface area contributed by atoms with Crippen LogP contribution in [0, 0.1) is 11.3 Å². The summed E-state index contributed by atoms with van der Waals surface area (Å²) in [6.45, 7) is 0. The standard InChI is InChI=1S/C19H19N3O2/c1-22(2)13-6-9-15-17(10-13)24-19(21)16(11-20)18(15)12-4-7-14(23-3)8-5-12/h4-10,18H,21H2,1-3H3. The number of nitrogens with zero attached hydrogens (tertiary/aromatic N) is 2. The van der Waals surface area contributed by atoms with Gasteiger partial charge in [0.1, 0.15) is 23.1 Å². The van der Waals surface area contributed by atoms with Crippen molar-refractivity contribution >= 4 is 5.69 Å². The molecule has 0 aliphatic carbocycles. The molecule has 24 heavy (non-hydrogen) atoms. The van der Waals surface area contributed by atoms with E-state index in [4.69, 9.17) is 15.2 Å². The van der Waals surface area contributed by atoms with Crippen molar-refractivity contribution in [1.29, 1.82) is 5.26 Å². The normalized spacial score (nSPS) is 16.0. The maximum Gasteiger partial charge on any atom is 0.205 e. The average Bonchev–Trinajstić information content (AvgIpc) is 2.60. The van der Waals surface area contributed by atoms with Gasteiger partial charge in [-0.3, -0.25) is 0 Å². The van der Waals surface area contributed by atoms with Crippen LogP contribution in [0.5, 0.6) is 11.5 Å². The first-order valence-corrected chi connectivity index (χ1v) is 7.58. The van der Waals surface area contributed by atoms with Crippen LogP contribution >= 0.6 is 0 Å². The summed E-state index contributed by atoms with van der Waals surface area (Å²) in [6.07, 6.45) is 0. The number of anilines is 1. The van der Waals surface area contributed by atoms with E-state index in [1.807, 2.05) is 61.5 Å². The van der Waals surface area contributed by atoms with Crippen molar-refractivity contribution in [3.63, 3.8) is 0 Å². The van der Waals surface area contributed by atoms with Gasteiger partial charge in [-0.1, -0.05) is 18.2 Å². The van der Waals surface area contributed by atoms with E-state index in [1.165, 1.54) is 0 Å². The van der Waals surface area contributed by atoms with E-state index < -0.39 is 0 Å². The molecule has 2 N–H and O–H groups in total. The Balaban J connectivity index is 2.14. The number of nitriles is 1. The van der Waals surface area contributed by atoms with Gasteiger partial charge < -0.3 is 20.1 Å². The SMILES string of the molecule is COc1ccc(C2C(C#N)=C(N)Oc3cc(N(C)C)ccc32)cc1. The maximum atomic E-state index is 9.56. The van der Waals surface area contributed by atoms with Crippen molar-refractivity contribution in [2.75, 3.05) is 26.1 Å². The highest BCUT2D eigenvalue weighted by molar-refractivity contribution is 5.61. The predicted octanol–water partition coefficient (Wildman–Crippen LogP) is 2.98. The quantitative estimate of drug-likeness (QED) is 0.941. The Labute approximate surface area is 141 Å². The zero-order valence-electron chi connectivity index (χ0n) is 13.9. The van der Waals surface area contributed by atoms with Crippen LogP contribution in [0.25, 0.3) is 0 Å². The number of allylic oxidation sites excluding steroid dienone is 1. The van der Waals surface area contributed by atoms with E-state index in [9.17, 15) is 5.26 Å². The Hall–Kier alpha value is -3.13. The molecule has 1 unspecified atom stereocenters. The molecule has 0 saturated heterocycles. The van der Waals surface area contributed by atoms with Crippen LogP contribution in [0.1, 0.15) is 17.0 Å². The number of hydrogen-bond acceptors (Lipinski definition) is 5. The fourth-order valence-electron chi connectivity index (χ4n) is 2.86. The van der Waals surface area contributed by atoms with Crippen LogP contribution in [0.2, 0.25) is 0 Å². The van der Waals surface area contributed by atoms with Gasteiger partial charge >= 0.3 is 0 Å². The molecule has 0 spiro atoms. The second-order valence-electron chi connectivity index (χ2n) is 5.81. The summed E-state index contributed by atoms with van der Waals surface area (Å²) in [5.41, 5.74) is 9.34. The minimum atomic E-state index is -0.249. The van der Waals surface area contributed by atoms with Gasteiger partial charge in [-0.25, -0.2) is 0 Å². The molecule has 0 fully saturated rings. The van der Waals surface area contributed by atoms with Gasteiger partial charge in [0, 0.05) is 31.4 Å². The number of ether oxygens (including phenoxy) is 2. The lowest BCUT2D eigenvalue weighted by molar-refractivity contribution is 0.393.